The molecule has 0 radical (unpaired) electrons. The van der Waals surface area contributed by atoms with E-state index >= 15 is 0 Å². The Morgan fingerprint density at radius 2 is 2.31 bits per heavy atom. The van der Waals surface area contributed by atoms with Gasteiger partial charge in [0.15, 0.2) is 5.65 Å². The summed E-state index contributed by atoms with van der Waals surface area (Å²) in [6.45, 7) is -0.151. The molecule has 0 amide bonds. The largest absolute Gasteiger partial charge is 0.477 e. The molecule has 7 nitrogen and oxygen atoms in total. The van der Waals surface area contributed by atoms with E-state index in [0.717, 1.165) is 6.20 Å². The minimum atomic E-state index is -1.15. The first-order valence-electron chi connectivity index (χ1n) is 4.57. The smallest absolute Gasteiger partial charge is 0.341 e. The lowest BCUT2D eigenvalue weighted by Gasteiger charge is -1.99. The summed E-state index contributed by atoms with van der Waals surface area (Å²) in [5.41, 5.74) is 0.0198. The number of carboxylic acid groups (broad SMARTS) is 1. The first kappa shape index (κ1) is 10.4. The van der Waals surface area contributed by atoms with Gasteiger partial charge < -0.3 is 15.2 Å². The van der Waals surface area contributed by atoms with Crippen LogP contribution < -0.4 is 5.56 Å². The van der Waals surface area contributed by atoms with Crippen LogP contribution >= 0.6 is 0 Å². The quantitative estimate of drug-likeness (QED) is 0.634. The van der Waals surface area contributed by atoms with Crippen molar-refractivity contribution < 1.29 is 15.0 Å². The first-order chi connectivity index (χ1) is 7.63. The molecule has 0 fully saturated rings. The van der Waals surface area contributed by atoms with Gasteiger partial charge in [0.25, 0.3) is 5.56 Å². The summed E-state index contributed by atoms with van der Waals surface area (Å²) in [6.07, 6.45) is 2.78. The number of carboxylic acids is 1. The van der Waals surface area contributed by atoms with Crippen LogP contribution in [0.15, 0.2) is 17.2 Å². The maximum atomic E-state index is 11.5. The molecule has 0 aliphatic carbocycles. The number of rotatable bonds is 3. The highest BCUT2D eigenvalue weighted by atomic mass is 16.4. The summed E-state index contributed by atoms with van der Waals surface area (Å²) in [5, 5.41) is 21.4. The van der Waals surface area contributed by atoms with Gasteiger partial charge in [0.2, 0.25) is 0 Å². The number of aromatic carboxylic acids is 1. The lowest BCUT2D eigenvalue weighted by molar-refractivity contribution is 0.0698. The zero-order chi connectivity index (χ0) is 11.7. The van der Waals surface area contributed by atoms with Crippen molar-refractivity contribution in [3.63, 3.8) is 0 Å². The highest BCUT2D eigenvalue weighted by Crippen LogP contribution is 2.06. The molecule has 2 heterocycles. The van der Waals surface area contributed by atoms with Crippen molar-refractivity contribution in [2.75, 3.05) is 6.61 Å². The normalized spacial score (nSPS) is 10.8. The first-order valence-corrected chi connectivity index (χ1v) is 4.57. The minimum absolute atomic E-state index is 0.0624. The third-order valence-electron chi connectivity index (χ3n) is 2.21. The number of aliphatic hydroxyl groups excluding tert-OH is 1. The summed E-state index contributed by atoms with van der Waals surface area (Å²) in [5.74, 6) is -1.15. The molecule has 2 aromatic heterocycles. The van der Waals surface area contributed by atoms with Crippen molar-refractivity contribution in [3.05, 3.63) is 33.9 Å². The Morgan fingerprint density at radius 3 is 2.94 bits per heavy atom. The highest BCUT2D eigenvalue weighted by Gasteiger charge is 2.13. The highest BCUT2D eigenvalue weighted by molar-refractivity contribution is 5.93. The molecule has 0 spiro atoms. The number of aromatic amines is 1. The van der Waals surface area contributed by atoms with Gasteiger partial charge in [-0.25, -0.2) is 9.31 Å². The van der Waals surface area contributed by atoms with E-state index in [0.29, 0.717) is 5.56 Å². The van der Waals surface area contributed by atoms with E-state index < -0.39 is 11.5 Å². The van der Waals surface area contributed by atoms with Crippen molar-refractivity contribution in [2.24, 2.45) is 0 Å². The molecule has 2 aromatic rings. The Balaban J connectivity index is 2.66. The fourth-order valence-electron chi connectivity index (χ4n) is 1.43. The van der Waals surface area contributed by atoms with Gasteiger partial charge in [0.05, 0.1) is 6.20 Å². The number of nitrogens with one attached hydrogen (secondary N) is 1. The second-order valence-corrected chi connectivity index (χ2v) is 3.24. The van der Waals surface area contributed by atoms with Crippen molar-refractivity contribution >= 4 is 11.6 Å². The Bertz CT molecular complexity index is 598. The topological polar surface area (TPSA) is 108 Å². The van der Waals surface area contributed by atoms with Crippen LogP contribution in [0.25, 0.3) is 5.65 Å². The molecular formula is C9H9N3O4. The van der Waals surface area contributed by atoms with E-state index in [1.54, 1.807) is 0 Å². The molecule has 7 heteroatoms. The molecule has 0 bridgehead atoms. The Hall–Kier alpha value is -2.15. The SMILES string of the molecule is O=C(O)c1cnn2cc(CCO)c(=O)[nH]c12. The van der Waals surface area contributed by atoms with E-state index in [-0.39, 0.29) is 24.2 Å². The molecule has 0 atom stereocenters. The Kier molecular flexibility index (Phi) is 2.45. The fraction of sp³-hybridized carbons (Fsp3) is 0.222. The van der Waals surface area contributed by atoms with Gasteiger partial charge in [-0.3, -0.25) is 4.79 Å². The van der Waals surface area contributed by atoms with Crippen LogP contribution in [-0.4, -0.2) is 37.4 Å². The van der Waals surface area contributed by atoms with Crippen LogP contribution in [0, 0.1) is 0 Å². The molecule has 3 N–H and O–H groups in total. The summed E-state index contributed by atoms with van der Waals surface area (Å²) >= 11 is 0. The van der Waals surface area contributed by atoms with Crippen LogP contribution in [0.5, 0.6) is 0 Å². The average molecular weight is 223 g/mol. The second-order valence-electron chi connectivity index (χ2n) is 3.24. The Labute approximate surface area is 89.0 Å². The van der Waals surface area contributed by atoms with Crippen LogP contribution in [0.3, 0.4) is 0 Å². The standard InChI is InChI=1S/C9H9N3O4/c13-2-1-5-4-12-7(11-8(5)14)6(3-10-12)9(15)16/h3-4,13H,1-2H2,(H,11,14)(H,15,16). The number of aliphatic hydroxyl groups is 1. The number of carbonyl (C=O) groups is 1. The molecule has 0 saturated carbocycles. The van der Waals surface area contributed by atoms with E-state index in [4.69, 9.17) is 10.2 Å². The Morgan fingerprint density at radius 1 is 1.56 bits per heavy atom. The number of nitrogens with zero attached hydrogens (tertiary/aromatic N) is 2. The van der Waals surface area contributed by atoms with E-state index in [2.05, 4.69) is 10.1 Å². The van der Waals surface area contributed by atoms with Crippen molar-refractivity contribution in [2.45, 2.75) is 6.42 Å². The summed E-state index contributed by atoms with van der Waals surface area (Å²) in [6, 6.07) is 0. The van der Waals surface area contributed by atoms with Gasteiger partial charge in [-0.05, 0) is 0 Å². The summed E-state index contributed by atoms with van der Waals surface area (Å²) < 4.78 is 1.27. The molecule has 0 aliphatic heterocycles. The van der Waals surface area contributed by atoms with Crippen LogP contribution in [0.2, 0.25) is 0 Å². The van der Waals surface area contributed by atoms with Crippen molar-refractivity contribution in [1.82, 2.24) is 14.6 Å². The van der Waals surface area contributed by atoms with Gasteiger partial charge in [0, 0.05) is 24.8 Å². The molecule has 16 heavy (non-hydrogen) atoms. The predicted octanol–water partition coefficient (Wildman–Crippen LogP) is -0.744. The maximum absolute atomic E-state index is 11.5. The molecule has 0 aromatic carbocycles. The van der Waals surface area contributed by atoms with Crippen molar-refractivity contribution in [1.29, 1.82) is 0 Å². The van der Waals surface area contributed by atoms with Gasteiger partial charge in [-0.2, -0.15) is 5.10 Å². The lowest BCUT2D eigenvalue weighted by atomic mass is 10.2. The number of hydrogen-bond donors (Lipinski definition) is 3. The lowest BCUT2D eigenvalue weighted by Crippen LogP contribution is -2.16. The number of hydrogen-bond acceptors (Lipinski definition) is 4. The molecule has 0 unspecified atom stereocenters. The van der Waals surface area contributed by atoms with E-state index in [1.807, 2.05) is 0 Å². The third-order valence-corrected chi connectivity index (χ3v) is 2.21. The molecule has 0 aliphatic rings. The zero-order valence-electron chi connectivity index (χ0n) is 8.17. The van der Waals surface area contributed by atoms with E-state index in [1.165, 1.54) is 10.7 Å². The molecule has 2 rings (SSSR count). The maximum Gasteiger partial charge on any atom is 0.341 e. The van der Waals surface area contributed by atoms with Crippen molar-refractivity contribution in [3.8, 4) is 0 Å². The summed E-state index contributed by atoms with van der Waals surface area (Å²) in [4.78, 5) is 24.7. The minimum Gasteiger partial charge on any atom is -0.477 e. The molecular weight excluding hydrogens is 214 g/mol. The van der Waals surface area contributed by atoms with Crippen LogP contribution in [0.4, 0.5) is 0 Å². The van der Waals surface area contributed by atoms with Crippen LogP contribution in [0.1, 0.15) is 15.9 Å². The second kappa shape index (κ2) is 3.78. The number of aromatic nitrogens is 3. The molecule has 0 saturated heterocycles. The predicted molar refractivity (Wildman–Crippen MR) is 53.6 cm³/mol. The van der Waals surface area contributed by atoms with Gasteiger partial charge in [-0.15, -0.1) is 0 Å². The van der Waals surface area contributed by atoms with Gasteiger partial charge >= 0.3 is 5.97 Å². The van der Waals surface area contributed by atoms with Gasteiger partial charge in [-0.1, -0.05) is 0 Å². The number of H-pyrrole nitrogens is 1. The number of fused-ring (bicyclic) bond motifs is 1. The summed E-state index contributed by atoms with van der Waals surface area (Å²) in [7, 11) is 0. The average Bonchev–Trinajstić information content (AvgIpc) is 2.61. The van der Waals surface area contributed by atoms with E-state index in [9.17, 15) is 9.59 Å². The van der Waals surface area contributed by atoms with Gasteiger partial charge in [0.1, 0.15) is 5.56 Å². The zero-order valence-corrected chi connectivity index (χ0v) is 8.17. The molecule has 84 valence electrons. The third kappa shape index (κ3) is 1.57. The fourth-order valence-corrected chi connectivity index (χ4v) is 1.43. The monoisotopic (exact) mass is 223 g/mol. The van der Waals surface area contributed by atoms with Crippen LogP contribution in [-0.2, 0) is 6.42 Å².